The van der Waals surface area contributed by atoms with Gasteiger partial charge < -0.3 is 15.2 Å². The molecule has 0 saturated heterocycles. The second-order valence-corrected chi connectivity index (χ2v) is 5.55. The van der Waals surface area contributed by atoms with Crippen LogP contribution < -0.4 is 10.1 Å². The molecule has 18 heavy (non-hydrogen) atoms. The van der Waals surface area contributed by atoms with Crippen molar-refractivity contribution in [1.82, 2.24) is 5.32 Å². The number of aliphatic hydroxyl groups is 1. The molecule has 2 N–H and O–H groups in total. The Labute approximate surface area is 109 Å². The Morgan fingerprint density at radius 1 is 1.39 bits per heavy atom. The topological polar surface area (TPSA) is 41.5 Å². The van der Waals surface area contributed by atoms with E-state index in [0.717, 1.165) is 18.7 Å². The molecule has 1 saturated carbocycles. The van der Waals surface area contributed by atoms with Gasteiger partial charge in [0.15, 0.2) is 0 Å². The van der Waals surface area contributed by atoms with Gasteiger partial charge in [-0.3, -0.25) is 0 Å². The Kier molecular flexibility index (Phi) is 3.93. The van der Waals surface area contributed by atoms with Crippen LogP contribution in [0.15, 0.2) is 24.3 Å². The molecular formula is C15H23NO2. The van der Waals surface area contributed by atoms with E-state index >= 15 is 0 Å². The summed E-state index contributed by atoms with van der Waals surface area (Å²) in [6, 6.07) is 8.48. The number of ether oxygens (including phenoxy) is 1. The van der Waals surface area contributed by atoms with E-state index in [1.165, 1.54) is 5.56 Å². The molecule has 1 aliphatic rings. The fourth-order valence-electron chi connectivity index (χ4n) is 2.43. The summed E-state index contributed by atoms with van der Waals surface area (Å²) in [6.45, 7) is 7.68. The summed E-state index contributed by atoms with van der Waals surface area (Å²) in [5.74, 6) is 0.949. The van der Waals surface area contributed by atoms with Crippen LogP contribution in [0.1, 0.15) is 32.8 Å². The van der Waals surface area contributed by atoms with Crippen molar-refractivity contribution >= 4 is 0 Å². The normalized spacial score (nSPS) is 25.6. The molecule has 2 rings (SSSR count). The van der Waals surface area contributed by atoms with Crippen LogP contribution in [0.2, 0.25) is 0 Å². The predicted molar refractivity (Wildman–Crippen MR) is 72.6 cm³/mol. The van der Waals surface area contributed by atoms with Crippen molar-refractivity contribution in [2.24, 2.45) is 5.41 Å². The molecule has 1 fully saturated rings. The van der Waals surface area contributed by atoms with Crippen molar-refractivity contribution in [3.8, 4) is 5.75 Å². The van der Waals surface area contributed by atoms with E-state index in [0.29, 0.717) is 12.6 Å². The monoisotopic (exact) mass is 249 g/mol. The van der Waals surface area contributed by atoms with Crippen molar-refractivity contribution in [2.45, 2.75) is 45.9 Å². The van der Waals surface area contributed by atoms with Crippen LogP contribution >= 0.6 is 0 Å². The van der Waals surface area contributed by atoms with E-state index < -0.39 is 0 Å². The summed E-state index contributed by atoms with van der Waals surface area (Å²) in [6.07, 6.45) is 0.654. The molecule has 2 atom stereocenters. The molecule has 0 spiro atoms. The maximum atomic E-state index is 9.72. The zero-order chi connectivity index (χ0) is 13.2. The molecular weight excluding hydrogens is 226 g/mol. The molecule has 0 aromatic heterocycles. The van der Waals surface area contributed by atoms with Crippen LogP contribution in [0.4, 0.5) is 0 Å². The smallest absolute Gasteiger partial charge is 0.123 e. The molecule has 3 heteroatoms. The third-order valence-corrected chi connectivity index (χ3v) is 4.03. The molecule has 1 aliphatic carbocycles. The molecule has 1 aromatic carbocycles. The molecule has 2 unspecified atom stereocenters. The van der Waals surface area contributed by atoms with Gasteiger partial charge in [0.25, 0.3) is 0 Å². The number of hydrogen-bond donors (Lipinski definition) is 2. The molecule has 0 bridgehead atoms. The van der Waals surface area contributed by atoms with Crippen molar-refractivity contribution in [1.29, 1.82) is 0 Å². The molecule has 0 radical (unpaired) electrons. The van der Waals surface area contributed by atoms with Gasteiger partial charge in [-0.25, -0.2) is 0 Å². The van der Waals surface area contributed by atoms with Crippen LogP contribution in [-0.4, -0.2) is 23.9 Å². The minimum atomic E-state index is -0.183. The molecule has 0 heterocycles. The summed E-state index contributed by atoms with van der Waals surface area (Å²) in [4.78, 5) is 0. The zero-order valence-corrected chi connectivity index (χ0v) is 11.4. The number of benzene rings is 1. The maximum Gasteiger partial charge on any atom is 0.123 e. The van der Waals surface area contributed by atoms with Gasteiger partial charge in [0, 0.05) is 23.6 Å². The Hall–Kier alpha value is -1.06. The zero-order valence-electron chi connectivity index (χ0n) is 11.4. The van der Waals surface area contributed by atoms with E-state index in [4.69, 9.17) is 4.74 Å². The summed E-state index contributed by atoms with van der Waals surface area (Å²) in [5, 5.41) is 13.2. The summed E-state index contributed by atoms with van der Waals surface area (Å²) >= 11 is 0. The van der Waals surface area contributed by atoms with Gasteiger partial charge in [-0.15, -0.1) is 0 Å². The fourth-order valence-corrected chi connectivity index (χ4v) is 2.43. The SMILES string of the molecule is CCOc1ccccc1CNC1CC(O)C1(C)C. The van der Waals surface area contributed by atoms with Crippen molar-refractivity contribution in [3.63, 3.8) is 0 Å². The van der Waals surface area contributed by atoms with E-state index in [-0.39, 0.29) is 11.5 Å². The Morgan fingerprint density at radius 3 is 2.72 bits per heavy atom. The highest BCUT2D eigenvalue weighted by atomic mass is 16.5. The number of rotatable bonds is 5. The van der Waals surface area contributed by atoms with E-state index in [9.17, 15) is 5.11 Å². The van der Waals surface area contributed by atoms with Crippen LogP contribution in [0, 0.1) is 5.41 Å². The van der Waals surface area contributed by atoms with E-state index in [2.05, 4.69) is 25.2 Å². The maximum absolute atomic E-state index is 9.72. The molecule has 1 aromatic rings. The average Bonchev–Trinajstić information content (AvgIpc) is 2.36. The molecule has 0 aliphatic heterocycles. The lowest BCUT2D eigenvalue weighted by molar-refractivity contribution is -0.0730. The third-order valence-electron chi connectivity index (χ3n) is 4.03. The highest BCUT2D eigenvalue weighted by molar-refractivity contribution is 5.33. The van der Waals surface area contributed by atoms with Gasteiger partial charge in [-0.05, 0) is 19.4 Å². The van der Waals surface area contributed by atoms with Gasteiger partial charge >= 0.3 is 0 Å². The standard InChI is InChI=1S/C15H23NO2/c1-4-18-12-8-6-5-7-11(12)10-16-13-9-14(17)15(13,2)3/h5-8,13-14,16-17H,4,9-10H2,1-3H3. The Morgan fingerprint density at radius 2 is 2.11 bits per heavy atom. The number of para-hydroxylation sites is 1. The molecule has 0 amide bonds. The third kappa shape index (κ3) is 2.52. The van der Waals surface area contributed by atoms with E-state index in [1.54, 1.807) is 0 Å². The quantitative estimate of drug-likeness (QED) is 0.841. The lowest BCUT2D eigenvalue weighted by Gasteiger charge is -2.49. The highest BCUT2D eigenvalue weighted by Gasteiger charge is 2.46. The average molecular weight is 249 g/mol. The number of nitrogens with one attached hydrogen (secondary N) is 1. The predicted octanol–water partition coefficient (Wildman–Crippen LogP) is 2.33. The number of hydrogen-bond acceptors (Lipinski definition) is 3. The lowest BCUT2D eigenvalue weighted by Crippen LogP contribution is -2.59. The first kappa shape index (κ1) is 13.4. The lowest BCUT2D eigenvalue weighted by atomic mass is 9.64. The second kappa shape index (κ2) is 5.29. The van der Waals surface area contributed by atoms with Gasteiger partial charge in [-0.2, -0.15) is 0 Å². The Balaban J connectivity index is 1.95. The van der Waals surface area contributed by atoms with Crippen molar-refractivity contribution < 1.29 is 9.84 Å². The van der Waals surface area contributed by atoms with Gasteiger partial charge in [0.2, 0.25) is 0 Å². The first-order valence-electron chi connectivity index (χ1n) is 6.68. The molecule has 3 nitrogen and oxygen atoms in total. The van der Waals surface area contributed by atoms with Crippen molar-refractivity contribution in [3.05, 3.63) is 29.8 Å². The van der Waals surface area contributed by atoms with Gasteiger partial charge in [-0.1, -0.05) is 32.0 Å². The van der Waals surface area contributed by atoms with Crippen LogP contribution in [0.25, 0.3) is 0 Å². The van der Waals surface area contributed by atoms with Crippen LogP contribution in [0.5, 0.6) is 5.75 Å². The van der Waals surface area contributed by atoms with Crippen molar-refractivity contribution in [2.75, 3.05) is 6.61 Å². The first-order chi connectivity index (χ1) is 8.55. The largest absolute Gasteiger partial charge is 0.494 e. The highest BCUT2D eigenvalue weighted by Crippen LogP contribution is 2.40. The summed E-state index contributed by atoms with van der Waals surface area (Å²) < 4.78 is 5.60. The van der Waals surface area contributed by atoms with E-state index in [1.807, 2.05) is 25.1 Å². The summed E-state index contributed by atoms with van der Waals surface area (Å²) in [7, 11) is 0. The van der Waals surface area contributed by atoms with Crippen LogP contribution in [0.3, 0.4) is 0 Å². The minimum Gasteiger partial charge on any atom is -0.494 e. The second-order valence-electron chi connectivity index (χ2n) is 5.55. The summed E-state index contributed by atoms with van der Waals surface area (Å²) in [5.41, 5.74) is 1.15. The first-order valence-corrected chi connectivity index (χ1v) is 6.68. The van der Waals surface area contributed by atoms with Gasteiger partial charge in [0.05, 0.1) is 12.7 Å². The fraction of sp³-hybridized carbons (Fsp3) is 0.600. The Bertz CT molecular complexity index is 403. The van der Waals surface area contributed by atoms with Crippen LogP contribution in [-0.2, 0) is 6.54 Å². The molecule has 100 valence electrons. The number of aliphatic hydroxyl groups excluding tert-OH is 1. The minimum absolute atomic E-state index is 0.0272. The van der Waals surface area contributed by atoms with Gasteiger partial charge in [0.1, 0.15) is 5.75 Å².